The van der Waals surface area contributed by atoms with Crippen molar-refractivity contribution in [3.8, 4) is 0 Å². The molecule has 0 aromatic heterocycles. The fourth-order valence-electron chi connectivity index (χ4n) is 2.35. The Bertz CT molecular complexity index is 238. The lowest BCUT2D eigenvalue weighted by molar-refractivity contribution is -0.133. The summed E-state index contributed by atoms with van der Waals surface area (Å²) in [7, 11) is 2.09. The average Bonchev–Trinajstić information content (AvgIpc) is 2.47. The second-order valence-electron chi connectivity index (χ2n) is 5.43. The van der Waals surface area contributed by atoms with Gasteiger partial charge in [-0.2, -0.15) is 0 Å². The molecule has 1 rings (SSSR count). The normalized spacial score (nSPS) is 27.7. The van der Waals surface area contributed by atoms with Crippen molar-refractivity contribution >= 4 is 5.91 Å². The van der Waals surface area contributed by atoms with Gasteiger partial charge in [-0.05, 0) is 39.8 Å². The zero-order valence-corrected chi connectivity index (χ0v) is 10.6. The second kappa shape index (κ2) is 4.52. The van der Waals surface area contributed by atoms with Crippen LogP contribution >= 0.6 is 0 Å². The molecule has 88 valence electrons. The van der Waals surface area contributed by atoms with Crippen molar-refractivity contribution in [2.45, 2.75) is 40.2 Å². The number of amides is 1. The van der Waals surface area contributed by atoms with Gasteiger partial charge < -0.3 is 10.2 Å². The van der Waals surface area contributed by atoms with E-state index in [0.717, 1.165) is 19.5 Å². The van der Waals surface area contributed by atoms with Crippen LogP contribution in [-0.2, 0) is 4.79 Å². The molecule has 0 aliphatic carbocycles. The van der Waals surface area contributed by atoms with Crippen LogP contribution in [0.25, 0.3) is 0 Å². The van der Waals surface area contributed by atoms with Crippen LogP contribution < -0.4 is 5.32 Å². The zero-order chi connectivity index (χ0) is 11.6. The number of nitrogens with zero attached hydrogens (tertiary/aromatic N) is 1. The number of nitrogens with one attached hydrogen (secondary N) is 1. The van der Waals surface area contributed by atoms with Gasteiger partial charge in [0.25, 0.3) is 0 Å². The van der Waals surface area contributed by atoms with Crippen LogP contribution in [0.5, 0.6) is 0 Å². The number of carbonyl (C=O) groups excluding carboxylic acids is 1. The van der Waals surface area contributed by atoms with E-state index in [1.165, 1.54) is 0 Å². The van der Waals surface area contributed by atoms with Crippen molar-refractivity contribution in [3.63, 3.8) is 0 Å². The largest absolute Gasteiger partial charge is 0.353 e. The maximum atomic E-state index is 12.2. The topological polar surface area (TPSA) is 32.3 Å². The summed E-state index contributed by atoms with van der Waals surface area (Å²) in [6.45, 7) is 10.3. The first-order chi connectivity index (χ1) is 6.88. The summed E-state index contributed by atoms with van der Waals surface area (Å²) >= 11 is 0. The fourth-order valence-corrected chi connectivity index (χ4v) is 2.35. The minimum Gasteiger partial charge on any atom is -0.353 e. The number of carbonyl (C=O) groups is 1. The molecule has 0 bridgehead atoms. The molecule has 0 unspecified atom stereocenters. The smallest absolute Gasteiger partial charge is 0.228 e. The van der Waals surface area contributed by atoms with Crippen molar-refractivity contribution in [1.82, 2.24) is 10.2 Å². The minimum absolute atomic E-state index is 0.168. The Morgan fingerprint density at radius 3 is 2.27 bits per heavy atom. The van der Waals surface area contributed by atoms with Crippen LogP contribution in [0, 0.1) is 11.3 Å². The monoisotopic (exact) mass is 212 g/mol. The van der Waals surface area contributed by atoms with Gasteiger partial charge >= 0.3 is 0 Å². The number of rotatable bonds is 3. The summed E-state index contributed by atoms with van der Waals surface area (Å²) in [6.07, 6.45) is 0.986. The van der Waals surface area contributed by atoms with E-state index in [-0.39, 0.29) is 17.4 Å². The summed E-state index contributed by atoms with van der Waals surface area (Å²) in [5, 5.41) is 3.06. The van der Waals surface area contributed by atoms with Crippen molar-refractivity contribution in [1.29, 1.82) is 0 Å². The van der Waals surface area contributed by atoms with Gasteiger partial charge in [0, 0.05) is 12.6 Å². The van der Waals surface area contributed by atoms with E-state index in [1.54, 1.807) is 0 Å². The summed E-state index contributed by atoms with van der Waals surface area (Å²) in [5.41, 5.74) is -0.168. The highest BCUT2D eigenvalue weighted by molar-refractivity contribution is 5.83. The molecule has 1 N–H and O–H groups in total. The van der Waals surface area contributed by atoms with E-state index in [0.29, 0.717) is 5.92 Å². The number of hydrogen-bond acceptors (Lipinski definition) is 2. The van der Waals surface area contributed by atoms with Crippen LogP contribution in [0.2, 0.25) is 0 Å². The highest BCUT2D eigenvalue weighted by Gasteiger charge is 2.45. The summed E-state index contributed by atoms with van der Waals surface area (Å²) < 4.78 is 0. The first-order valence-electron chi connectivity index (χ1n) is 5.88. The predicted molar refractivity (Wildman–Crippen MR) is 62.7 cm³/mol. The molecule has 1 aliphatic heterocycles. The summed E-state index contributed by atoms with van der Waals surface area (Å²) in [6, 6.07) is 0.235. The molecule has 3 nitrogen and oxygen atoms in total. The Morgan fingerprint density at radius 1 is 1.33 bits per heavy atom. The van der Waals surface area contributed by atoms with Crippen LogP contribution in [0.3, 0.4) is 0 Å². The molecule has 1 heterocycles. The van der Waals surface area contributed by atoms with E-state index in [1.807, 2.05) is 13.8 Å². The highest BCUT2D eigenvalue weighted by Crippen LogP contribution is 2.37. The summed E-state index contributed by atoms with van der Waals surface area (Å²) in [5.74, 6) is 0.637. The van der Waals surface area contributed by atoms with Gasteiger partial charge in [0.1, 0.15) is 0 Å². The molecule has 0 aromatic carbocycles. The van der Waals surface area contributed by atoms with Crippen LogP contribution in [0.1, 0.15) is 34.1 Å². The van der Waals surface area contributed by atoms with E-state index in [2.05, 4.69) is 31.1 Å². The quantitative estimate of drug-likeness (QED) is 0.768. The molecular weight excluding hydrogens is 188 g/mol. The van der Waals surface area contributed by atoms with E-state index >= 15 is 0 Å². The molecule has 0 radical (unpaired) electrons. The number of hydrogen-bond donors (Lipinski definition) is 1. The lowest BCUT2D eigenvalue weighted by Crippen LogP contribution is -2.48. The van der Waals surface area contributed by atoms with Crippen molar-refractivity contribution in [2.24, 2.45) is 11.3 Å². The Kier molecular flexibility index (Phi) is 3.77. The van der Waals surface area contributed by atoms with Gasteiger partial charge in [-0.3, -0.25) is 4.79 Å². The predicted octanol–water partition coefficient (Wildman–Crippen LogP) is 1.49. The maximum Gasteiger partial charge on any atom is 0.228 e. The molecule has 1 fully saturated rings. The van der Waals surface area contributed by atoms with E-state index in [4.69, 9.17) is 0 Å². The molecule has 1 aliphatic rings. The van der Waals surface area contributed by atoms with Crippen LogP contribution in [0.15, 0.2) is 0 Å². The van der Waals surface area contributed by atoms with Gasteiger partial charge in [0.2, 0.25) is 5.91 Å². The molecular formula is C12H24N2O. The molecule has 0 spiro atoms. The van der Waals surface area contributed by atoms with Crippen LogP contribution in [-0.4, -0.2) is 37.0 Å². The lowest BCUT2D eigenvalue weighted by Gasteiger charge is -2.32. The number of likely N-dealkylation sites (tertiary alicyclic amines) is 1. The third-order valence-corrected chi connectivity index (χ3v) is 3.47. The Balaban J connectivity index is 2.78. The molecule has 15 heavy (non-hydrogen) atoms. The Labute approximate surface area is 93.2 Å². The molecule has 0 saturated carbocycles. The van der Waals surface area contributed by atoms with Gasteiger partial charge in [0.15, 0.2) is 0 Å². The molecule has 3 heteroatoms. The fraction of sp³-hybridized carbons (Fsp3) is 0.917. The Hall–Kier alpha value is -0.570. The summed E-state index contributed by atoms with van der Waals surface area (Å²) in [4.78, 5) is 14.5. The molecule has 1 atom stereocenters. The lowest BCUT2D eigenvalue weighted by atomic mass is 9.75. The Morgan fingerprint density at radius 2 is 1.93 bits per heavy atom. The standard InChI is InChI=1S/C12H24N2O/c1-9(2)12(6-7-14(5)8-12)11(15)13-10(3)4/h9-10H,6-8H2,1-5H3,(H,13,15)/t12-/m1/s1. The highest BCUT2D eigenvalue weighted by atomic mass is 16.2. The van der Waals surface area contributed by atoms with Crippen molar-refractivity contribution < 1.29 is 4.79 Å². The first-order valence-corrected chi connectivity index (χ1v) is 5.88. The maximum absolute atomic E-state index is 12.2. The van der Waals surface area contributed by atoms with Crippen LogP contribution in [0.4, 0.5) is 0 Å². The zero-order valence-electron chi connectivity index (χ0n) is 10.6. The van der Waals surface area contributed by atoms with E-state index < -0.39 is 0 Å². The first kappa shape index (κ1) is 12.5. The van der Waals surface area contributed by atoms with E-state index in [9.17, 15) is 4.79 Å². The minimum atomic E-state index is -0.168. The van der Waals surface area contributed by atoms with Gasteiger partial charge in [-0.15, -0.1) is 0 Å². The second-order valence-corrected chi connectivity index (χ2v) is 5.43. The molecule has 1 amide bonds. The molecule has 0 aromatic rings. The third kappa shape index (κ3) is 2.51. The van der Waals surface area contributed by atoms with Gasteiger partial charge in [0.05, 0.1) is 5.41 Å². The van der Waals surface area contributed by atoms with Crippen molar-refractivity contribution in [2.75, 3.05) is 20.1 Å². The van der Waals surface area contributed by atoms with Gasteiger partial charge in [-0.1, -0.05) is 13.8 Å². The average molecular weight is 212 g/mol. The van der Waals surface area contributed by atoms with Gasteiger partial charge in [-0.25, -0.2) is 0 Å². The van der Waals surface area contributed by atoms with Crippen molar-refractivity contribution in [3.05, 3.63) is 0 Å². The SMILES string of the molecule is CC(C)NC(=O)[C@]1(C(C)C)CCN(C)C1. The third-order valence-electron chi connectivity index (χ3n) is 3.47. The molecule has 1 saturated heterocycles.